The number of carboxylic acid groups (broad SMARTS) is 2. The number of aliphatic hydroxyl groups is 4. The number of nitrogens with zero attached hydrogens (tertiary/aromatic N) is 3. The first-order chi connectivity index (χ1) is 56.4. The van der Waals surface area contributed by atoms with Crippen molar-refractivity contribution < 1.29 is 68.9 Å². The molecule has 686 valence electrons. The van der Waals surface area contributed by atoms with Crippen molar-refractivity contribution in [2.24, 2.45) is 11.8 Å². The zero-order valence-electron chi connectivity index (χ0n) is 76.3. The molecule has 0 saturated carbocycles. The Kier molecular flexibility index (Phi) is 83.9. The lowest BCUT2D eigenvalue weighted by Gasteiger charge is -2.27. The Labute approximate surface area is 712 Å². The fraction of sp³-hybridized carbons (Fsp3) is 0.938. The van der Waals surface area contributed by atoms with Gasteiger partial charge in [0.1, 0.15) is 0 Å². The van der Waals surface area contributed by atoms with Gasteiger partial charge in [-0.3, -0.25) is 43.5 Å². The lowest BCUT2D eigenvalue weighted by atomic mass is 9.94. The van der Waals surface area contributed by atoms with Gasteiger partial charge in [-0.2, -0.15) is 0 Å². The van der Waals surface area contributed by atoms with Gasteiger partial charge in [0.15, 0.2) is 0 Å². The van der Waals surface area contributed by atoms with Gasteiger partial charge in [0.2, 0.25) is 11.8 Å². The number of hydrogen-bond acceptors (Lipinski definition) is 15. The summed E-state index contributed by atoms with van der Waals surface area (Å²) in [4.78, 5) is 80.6. The maximum absolute atomic E-state index is 13.4. The van der Waals surface area contributed by atoms with Gasteiger partial charge >= 0.3 is 23.9 Å². The highest BCUT2D eigenvalue weighted by molar-refractivity contribution is 5.81. The van der Waals surface area contributed by atoms with E-state index in [1.165, 1.54) is 205 Å². The number of nitrogens with one attached hydrogen (secondary N) is 2. The Morgan fingerprint density at radius 3 is 0.733 bits per heavy atom. The molecule has 0 spiro atoms. The molecule has 0 saturated heterocycles. The molecule has 4 unspecified atom stereocenters. The van der Waals surface area contributed by atoms with Crippen LogP contribution in [-0.4, -0.2) is 191 Å². The summed E-state index contributed by atoms with van der Waals surface area (Å²) in [7, 11) is 1.77. The van der Waals surface area contributed by atoms with Crippen LogP contribution >= 0.6 is 0 Å². The van der Waals surface area contributed by atoms with Crippen molar-refractivity contribution in [1.82, 2.24) is 25.3 Å². The van der Waals surface area contributed by atoms with Crippen LogP contribution < -0.4 is 10.6 Å². The topological polar surface area (TPSA) is 276 Å². The second kappa shape index (κ2) is 86.5. The molecule has 0 aliphatic rings. The van der Waals surface area contributed by atoms with Gasteiger partial charge in [-0.25, -0.2) is 0 Å². The number of esters is 2. The van der Waals surface area contributed by atoms with E-state index >= 15 is 0 Å². The molecule has 116 heavy (non-hydrogen) atoms. The van der Waals surface area contributed by atoms with E-state index in [-0.39, 0.29) is 61.5 Å². The number of aliphatic hydroxyl groups excluding tert-OH is 4. The number of rotatable bonds is 94. The Morgan fingerprint density at radius 2 is 0.491 bits per heavy atom. The SMILES string of the molecule is CCCCCCCCC(CCCCCCCC)C(=O)OCCCCCC(O)CN(CCCCNC(=O)CN(C)CC(=O)NCCCCN(CC(O)CCCCCCCCCCCCCCC(=O)O)CC(O)CCCCCOC(=O)C(CCCCCCCC)CCCCCCCC)CC(O)CCCCCCCCCCCCCCC(=O)O. The summed E-state index contributed by atoms with van der Waals surface area (Å²) in [6, 6.07) is 0. The first-order valence-corrected chi connectivity index (χ1v) is 49.6. The number of hydrogen-bond donors (Lipinski definition) is 8. The minimum Gasteiger partial charge on any atom is -0.481 e. The molecule has 0 aromatic heterocycles. The Bertz CT molecular complexity index is 2010. The summed E-state index contributed by atoms with van der Waals surface area (Å²) < 4.78 is 11.8. The number of ether oxygens (including phenoxy) is 2. The van der Waals surface area contributed by atoms with Gasteiger partial charge < -0.3 is 50.7 Å². The number of carbonyl (C=O) groups is 6. The van der Waals surface area contributed by atoms with Crippen molar-refractivity contribution in [2.45, 2.75) is 489 Å². The molecule has 0 aromatic carbocycles. The van der Waals surface area contributed by atoms with Crippen molar-refractivity contribution >= 4 is 35.7 Å². The molecule has 0 fully saturated rings. The molecule has 0 radical (unpaired) electrons. The van der Waals surface area contributed by atoms with Gasteiger partial charge in [0.05, 0.1) is 62.6 Å². The Morgan fingerprint density at radius 1 is 0.276 bits per heavy atom. The van der Waals surface area contributed by atoms with Crippen LogP contribution in [0.3, 0.4) is 0 Å². The fourth-order valence-electron chi connectivity index (χ4n) is 16.3. The minimum absolute atomic E-state index is 0.0134. The lowest BCUT2D eigenvalue weighted by molar-refractivity contribution is -0.150. The molecule has 0 heterocycles. The van der Waals surface area contributed by atoms with E-state index in [9.17, 15) is 49.2 Å². The third-order valence-corrected chi connectivity index (χ3v) is 23.6. The molecule has 4 atom stereocenters. The number of carbonyl (C=O) groups excluding carboxylic acids is 4. The molecule has 0 aliphatic heterocycles. The first kappa shape index (κ1) is 113. The van der Waals surface area contributed by atoms with Crippen molar-refractivity contribution in [2.75, 3.05) is 85.7 Å². The van der Waals surface area contributed by atoms with Gasteiger partial charge in [0, 0.05) is 52.1 Å². The number of unbranched alkanes of at least 4 members (excludes halogenated alkanes) is 48. The smallest absolute Gasteiger partial charge is 0.308 e. The fourth-order valence-corrected chi connectivity index (χ4v) is 16.3. The molecule has 2 amide bonds. The average Bonchev–Trinajstić information content (AvgIpc) is 0.954. The van der Waals surface area contributed by atoms with Gasteiger partial charge in [0.25, 0.3) is 0 Å². The van der Waals surface area contributed by atoms with Crippen LogP contribution in [0.15, 0.2) is 0 Å². The zero-order chi connectivity index (χ0) is 85.1. The van der Waals surface area contributed by atoms with Crippen molar-refractivity contribution in [3.63, 3.8) is 0 Å². The summed E-state index contributed by atoms with van der Waals surface area (Å²) in [6.45, 7) is 14.1. The van der Waals surface area contributed by atoms with Gasteiger partial charge in [-0.15, -0.1) is 0 Å². The van der Waals surface area contributed by atoms with Gasteiger partial charge in [-0.1, -0.05) is 336 Å². The molecular formula is C97H189N5O14. The lowest BCUT2D eigenvalue weighted by Crippen LogP contribution is -2.41. The Balaban J connectivity index is 5.38. The molecule has 0 aliphatic carbocycles. The van der Waals surface area contributed by atoms with E-state index in [1.54, 1.807) is 11.9 Å². The van der Waals surface area contributed by atoms with Crippen molar-refractivity contribution in [1.29, 1.82) is 0 Å². The quantitative estimate of drug-likeness (QED) is 0.0208. The highest BCUT2D eigenvalue weighted by Gasteiger charge is 2.23. The molecule has 0 bridgehead atoms. The van der Waals surface area contributed by atoms with E-state index in [0.29, 0.717) is 91.3 Å². The molecule has 19 heteroatoms. The molecule has 19 nitrogen and oxygen atoms in total. The molecular weight excluding hydrogens is 1460 g/mol. The van der Waals surface area contributed by atoms with E-state index in [4.69, 9.17) is 19.7 Å². The van der Waals surface area contributed by atoms with E-state index in [1.807, 2.05) is 0 Å². The second-order valence-corrected chi connectivity index (χ2v) is 35.4. The molecule has 8 N–H and O–H groups in total. The van der Waals surface area contributed by atoms with Crippen LogP contribution in [0.1, 0.15) is 464 Å². The highest BCUT2D eigenvalue weighted by Crippen LogP contribution is 2.25. The van der Waals surface area contributed by atoms with Crippen molar-refractivity contribution in [3.05, 3.63) is 0 Å². The van der Waals surface area contributed by atoms with Crippen LogP contribution in [-0.2, 0) is 38.2 Å². The van der Waals surface area contributed by atoms with Crippen molar-refractivity contribution in [3.8, 4) is 0 Å². The van der Waals surface area contributed by atoms with Crippen LogP contribution in [0.4, 0.5) is 0 Å². The summed E-state index contributed by atoms with van der Waals surface area (Å²) in [5.41, 5.74) is 0. The summed E-state index contributed by atoms with van der Waals surface area (Å²) >= 11 is 0. The second-order valence-electron chi connectivity index (χ2n) is 35.4. The normalized spacial score (nSPS) is 12.9. The predicted octanol–water partition coefficient (Wildman–Crippen LogP) is 22.3. The van der Waals surface area contributed by atoms with E-state index < -0.39 is 36.4 Å². The number of carboxylic acids is 2. The van der Waals surface area contributed by atoms with E-state index in [2.05, 4.69) is 48.1 Å². The third-order valence-electron chi connectivity index (χ3n) is 23.6. The third kappa shape index (κ3) is 80.3. The summed E-state index contributed by atoms with van der Waals surface area (Å²) in [6.07, 6.45) is 68.4. The maximum atomic E-state index is 13.4. The van der Waals surface area contributed by atoms with Crippen LogP contribution in [0.5, 0.6) is 0 Å². The van der Waals surface area contributed by atoms with Crippen LogP contribution in [0.25, 0.3) is 0 Å². The first-order valence-electron chi connectivity index (χ1n) is 49.6. The zero-order valence-corrected chi connectivity index (χ0v) is 76.3. The highest BCUT2D eigenvalue weighted by atomic mass is 16.5. The number of aliphatic carboxylic acids is 2. The number of likely N-dealkylation sites (N-methyl/N-ethyl adjacent to an activating group) is 1. The largest absolute Gasteiger partial charge is 0.481 e. The summed E-state index contributed by atoms with van der Waals surface area (Å²) in [5.74, 6) is -1.82. The Hall–Kier alpha value is -3.46. The monoisotopic (exact) mass is 1650 g/mol. The van der Waals surface area contributed by atoms with E-state index in [0.717, 1.165) is 193 Å². The maximum Gasteiger partial charge on any atom is 0.308 e. The van der Waals surface area contributed by atoms with Gasteiger partial charge in [-0.05, 0) is 136 Å². The van der Waals surface area contributed by atoms with Crippen LogP contribution in [0.2, 0.25) is 0 Å². The average molecular weight is 1650 g/mol. The van der Waals surface area contributed by atoms with Crippen LogP contribution in [0, 0.1) is 11.8 Å². The predicted molar refractivity (Wildman–Crippen MR) is 481 cm³/mol. The number of amides is 2. The molecule has 0 rings (SSSR count). The molecule has 0 aromatic rings. The standard InChI is InChI=1S/C97H189N5O14/c1-6-10-14-18-38-48-64-86(65-49-39-19-15-11-7-2)96(113)115-78-62-46-54-70-90(105)82-101(80-88(103)68-52-42-34-30-26-22-24-28-32-36-44-56-72-94(109)110)76-60-58-74-98-92(107)84-100(5)85-93(108)99-75-59-61-77-102(81-89(104)69-53-43-35-31-27-23-25-29-33-37-45-57-73-95(111)112)83-91(106)71-55-47-63-79-116-97(114)87(66-50-40-20-16-12-8-3)67-51-41-21-17-13-9-4/h86-91,103-106H,6-85H2,1-5H3,(H,98,107)(H,99,108)(H,109,110)(H,111,112). The summed E-state index contributed by atoms with van der Waals surface area (Å²) in [5, 5.41) is 69.2. The minimum atomic E-state index is -0.708.